The fourth-order valence-electron chi connectivity index (χ4n) is 7.04. The molecule has 0 bridgehead atoms. The maximum atomic E-state index is 15.0. The van der Waals surface area contributed by atoms with Gasteiger partial charge in [-0.1, -0.05) is 69.2 Å². The minimum absolute atomic E-state index is 0.0746. The van der Waals surface area contributed by atoms with Gasteiger partial charge in [0.15, 0.2) is 0 Å². The molecule has 0 aromatic rings. The molecular weight excluding hydrogens is 1080 g/mol. The zero-order valence-electron chi connectivity index (χ0n) is 35.0. The lowest BCUT2D eigenvalue weighted by atomic mass is 9.83. The number of hydrogen-bond acceptors (Lipinski definition) is 0. The molecule has 0 nitrogen and oxygen atoms in total. The van der Waals surface area contributed by atoms with Gasteiger partial charge in [0.2, 0.25) is 0 Å². The van der Waals surface area contributed by atoms with Gasteiger partial charge in [-0.2, -0.15) is 105 Å². The highest BCUT2D eigenvalue weighted by molar-refractivity contribution is 14.1. The second kappa shape index (κ2) is 23.7. The molecule has 66 heavy (non-hydrogen) atoms. The first-order valence-electron chi connectivity index (χ1n) is 20.2. The Balaban J connectivity index is 5.95. The molecule has 0 aliphatic heterocycles. The van der Waals surface area contributed by atoms with Crippen LogP contribution < -0.4 is 0 Å². The minimum atomic E-state index is -7.82. The number of allylic oxidation sites excluding steroid dienone is 4. The molecule has 0 spiro atoms. The van der Waals surface area contributed by atoms with Gasteiger partial charge >= 0.3 is 69.1 Å². The molecule has 0 aromatic carbocycles. The van der Waals surface area contributed by atoms with Gasteiger partial charge in [0.1, 0.15) is 0 Å². The van der Waals surface area contributed by atoms with E-state index in [2.05, 4.69) is 26.3 Å². The van der Waals surface area contributed by atoms with Crippen molar-refractivity contribution in [2.24, 2.45) is 17.8 Å². The SMILES string of the molecule is C=CCCCCCCC(CC=C)CC(F)(F)C(F)(F)C(F)(F)C(F)(F)C(F)(F)C(F)(F)CC(CC=C)CCCCCCC(CC=C)CC(F)(F)C(F)(F)C(F)(F)C(F)(F)C(F)(F)C(F)(F)I. The molecule has 0 fully saturated rings. The molecule has 3 atom stereocenters. The van der Waals surface area contributed by atoms with Crippen molar-refractivity contribution in [1.29, 1.82) is 0 Å². The zero-order valence-corrected chi connectivity index (χ0v) is 37.2. The standard InChI is InChI=1S/C41H51F24I/c1-5-9-10-11-12-15-21-27(18-6-2)24-30(42,43)33(48,49)36(54,55)37(56,57)34(50,51)31(44,45)25-28(19-7-3)22-16-13-14-17-23-29(20-8-4)26-32(46,47)35(52,53)38(58,59)39(60,61)40(62,63)41(64,65)66/h5-8,27-29H,1-4,9-26H2. The predicted molar refractivity (Wildman–Crippen MR) is 208 cm³/mol. The van der Waals surface area contributed by atoms with Crippen LogP contribution in [0.25, 0.3) is 0 Å². The van der Waals surface area contributed by atoms with Crippen molar-refractivity contribution in [1.82, 2.24) is 0 Å². The number of hydrogen-bond donors (Lipinski definition) is 0. The van der Waals surface area contributed by atoms with Crippen molar-refractivity contribution < 1.29 is 105 Å². The number of rotatable bonds is 36. The van der Waals surface area contributed by atoms with E-state index in [1.165, 1.54) is 0 Å². The van der Waals surface area contributed by atoms with Crippen LogP contribution >= 0.6 is 22.6 Å². The topological polar surface area (TPSA) is 0 Å². The molecular formula is C41H51F24I. The summed E-state index contributed by atoms with van der Waals surface area (Å²) in [7, 11) is 0. The summed E-state index contributed by atoms with van der Waals surface area (Å²) in [5.41, 5.74) is 0. The summed E-state index contributed by atoms with van der Waals surface area (Å²) in [6.07, 6.45) is -6.04. The average Bonchev–Trinajstić information content (AvgIpc) is 3.16. The maximum Gasteiger partial charge on any atom is 0.387 e. The first kappa shape index (κ1) is 64.0. The molecule has 0 aromatic heterocycles. The molecule has 3 unspecified atom stereocenters. The Morgan fingerprint density at radius 3 is 0.742 bits per heavy atom. The van der Waals surface area contributed by atoms with Crippen molar-refractivity contribution >= 4 is 22.6 Å². The molecule has 0 aliphatic rings. The van der Waals surface area contributed by atoms with Crippen molar-refractivity contribution in [3.05, 3.63) is 50.6 Å². The van der Waals surface area contributed by atoms with Crippen molar-refractivity contribution in [2.75, 3.05) is 0 Å². The number of alkyl halides is 25. The van der Waals surface area contributed by atoms with E-state index < -0.39 is 174 Å². The zero-order chi connectivity index (χ0) is 52.3. The van der Waals surface area contributed by atoms with Crippen LogP contribution in [0.1, 0.15) is 116 Å². The van der Waals surface area contributed by atoms with E-state index in [-0.39, 0.29) is 25.7 Å². The summed E-state index contributed by atoms with van der Waals surface area (Å²) >= 11 is -0.783. The van der Waals surface area contributed by atoms with Gasteiger partial charge in [0, 0.05) is 41.9 Å². The van der Waals surface area contributed by atoms with E-state index in [0.717, 1.165) is 18.2 Å². The van der Waals surface area contributed by atoms with Crippen molar-refractivity contribution in [3.8, 4) is 0 Å². The fraction of sp³-hybridized carbons (Fsp3) is 0.805. The Bertz CT molecular complexity index is 1520. The number of unbranched alkanes of at least 4 members (excludes halogenated alkanes) is 7. The van der Waals surface area contributed by atoms with E-state index >= 15 is 0 Å². The van der Waals surface area contributed by atoms with Crippen LogP contribution in [0.2, 0.25) is 0 Å². The maximum absolute atomic E-state index is 15.0. The van der Waals surface area contributed by atoms with E-state index in [9.17, 15) is 105 Å². The van der Waals surface area contributed by atoms with Gasteiger partial charge in [-0.05, 0) is 69.1 Å². The third kappa shape index (κ3) is 13.9. The molecule has 0 aliphatic carbocycles. The first-order valence-corrected chi connectivity index (χ1v) is 21.3. The summed E-state index contributed by atoms with van der Waals surface area (Å²) in [6, 6.07) is 0. The Labute approximate surface area is 380 Å². The van der Waals surface area contributed by atoms with E-state index in [0.29, 0.717) is 25.7 Å². The normalized spacial score (nSPS) is 16.2. The molecule has 0 radical (unpaired) electrons. The fourth-order valence-corrected chi connectivity index (χ4v) is 7.38. The highest BCUT2D eigenvalue weighted by atomic mass is 127. The Kier molecular flexibility index (Phi) is 23.0. The molecule has 0 rings (SSSR count). The molecule has 390 valence electrons. The molecule has 0 heterocycles. The predicted octanol–water partition coefficient (Wildman–Crippen LogP) is 18.6. The Hall–Kier alpha value is -1.99. The first-order chi connectivity index (χ1) is 29.6. The van der Waals surface area contributed by atoms with Crippen LogP contribution in [-0.2, 0) is 0 Å². The smallest absolute Gasteiger partial charge is 0.200 e. The van der Waals surface area contributed by atoms with Gasteiger partial charge in [-0.15, -0.1) is 26.3 Å². The van der Waals surface area contributed by atoms with Gasteiger partial charge in [-0.25, -0.2) is 0 Å². The molecule has 0 N–H and O–H groups in total. The lowest BCUT2D eigenvalue weighted by Crippen LogP contribution is -2.70. The van der Waals surface area contributed by atoms with E-state index in [1.807, 2.05) is 0 Å². The summed E-state index contributed by atoms with van der Waals surface area (Å²) in [5, 5.41) is 0. The van der Waals surface area contributed by atoms with Gasteiger partial charge < -0.3 is 0 Å². The summed E-state index contributed by atoms with van der Waals surface area (Å²) in [6.45, 7) is 12.9. The number of halogens is 25. The molecule has 0 saturated heterocycles. The molecule has 0 amide bonds. The van der Waals surface area contributed by atoms with Crippen LogP contribution in [-0.4, -0.2) is 69.1 Å². The Morgan fingerprint density at radius 1 is 0.303 bits per heavy atom. The summed E-state index contributed by atoms with van der Waals surface area (Å²) in [4.78, 5) is 0. The highest BCUT2D eigenvalue weighted by Crippen LogP contribution is 2.64. The third-order valence-corrected chi connectivity index (χ3v) is 11.7. The monoisotopic (exact) mass is 1130 g/mol. The lowest BCUT2D eigenvalue weighted by Gasteiger charge is -2.42. The second-order valence-electron chi connectivity index (χ2n) is 16.3. The van der Waals surface area contributed by atoms with Crippen molar-refractivity contribution in [3.63, 3.8) is 0 Å². The molecule has 25 heteroatoms. The third-order valence-electron chi connectivity index (χ3n) is 11.0. The average molecular weight is 1130 g/mol. The summed E-state index contributed by atoms with van der Waals surface area (Å²) in [5.74, 6) is -84.6. The van der Waals surface area contributed by atoms with Gasteiger partial charge in [0.25, 0.3) is 0 Å². The van der Waals surface area contributed by atoms with Crippen LogP contribution in [0.5, 0.6) is 0 Å². The van der Waals surface area contributed by atoms with Crippen LogP contribution in [0.15, 0.2) is 50.6 Å². The lowest BCUT2D eigenvalue weighted by molar-refractivity contribution is -0.427. The quantitative estimate of drug-likeness (QED) is 0.0193. The van der Waals surface area contributed by atoms with Crippen LogP contribution in [0.4, 0.5) is 105 Å². The largest absolute Gasteiger partial charge is 0.387 e. The van der Waals surface area contributed by atoms with E-state index in [1.54, 1.807) is 6.08 Å². The van der Waals surface area contributed by atoms with E-state index in [4.69, 9.17) is 0 Å². The van der Waals surface area contributed by atoms with Crippen LogP contribution in [0.3, 0.4) is 0 Å². The Morgan fingerprint density at radius 2 is 0.530 bits per heavy atom. The van der Waals surface area contributed by atoms with Crippen LogP contribution in [0, 0.1) is 17.8 Å². The highest BCUT2D eigenvalue weighted by Gasteiger charge is 2.91. The minimum Gasteiger partial charge on any atom is -0.200 e. The van der Waals surface area contributed by atoms with Gasteiger partial charge in [0.05, 0.1) is 0 Å². The van der Waals surface area contributed by atoms with Crippen molar-refractivity contribution in [2.45, 2.75) is 185 Å². The summed E-state index contributed by atoms with van der Waals surface area (Å²) < 4.78 is 339. The second-order valence-corrected chi connectivity index (χ2v) is 17.6. The van der Waals surface area contributed by atoms with Gasteiger partial charge in [-0.3, -0.25) is 0 Å². The molecule has 0 saturated carbocycles.